The molecule has 0 amide bonds. The SMILES string of the molecule is CC1CCC(C(=O)OCCCCCCO)CC1. The summed E-state index contributed by atoms with van der Waals surface area (Å²) in [5, 5.41) is 8.62. The molecule has 0 bridgehead atoms. The first kappa shape index (κ1) is 14.5. The summed E-state index contributed by atoms with van der Waals surface area (Å²) in [5.41, 5.74) is 0. The van der Waals surface area contributed by atoms with Crippen molar-refractivity contribution >= 4 is 5.97 Å². The topological polar surface area (TPSA) is 46.5 Å². The Balaban J connectivity index is 2.01. The van der Waals surface area contributed by atoms with Gasteiger partial charge in [-0.05, 0) is 50.9 Å². The van der Waals surface area contributed by atoms with Gasteiger partial charge in [0.25, 0.3) is 0 Å². The lowest BCUT2D eigenvalue weighted by molar-refractivity contribution is -0.150. The number of aliphatic hydroxyl groups excluding tert-OH is 1. The molecule has 0 radical (unpaired) electrons. The van der Waals surface area contributed by atoms with E-state index in [9.17, 15) is 4.79 Å². The number of carbonyl (C=O) groups is 1. The summed E-state index contributed by atoms with van der Waals surface area (Å²) in [5.74, 6) is 0.945. The Morgan fingerprint density at radius 3 is 2.41 bits per heavy atom. The summed E-state index contributed by atoms with van der Waals surface area (Å²) in [4.78, 5) is 11.7. The summed E-state index contributed by atoms with van der Waals surface area (Å²) in [6, 6.07) is 0. The van der Waals surface area contributed by atoms with Crippen LogP contribution in [0.15, 0.2) is 0 Å². The molecule has 1 aliphatic rings. The zero-order valence-electron chi connectivity index (χ0n) is 11.0. The molecule has 0 aliphatic heterocycles. The van der Waals surface area contributed by atoms with E-state index >= 15 is 0 Å². The molecule has 0 saturated heterocycles. The van der Waals surface area contributed by atoms with Crippen LogP contribution in [0.25, 0.3) is 0 Å². The summed E-state index contributed by atoms with van der Waals surface area (Å²) in [6.07, 6.45) is 8.18. The Bertz CT molecular complexity index is 208. The van der Waals surface area contributed by atoms with Crippen molar-refractivity contribution in [2.45, 2.75) is 58.3 Å². The number of esters is 1. The molecule has 0 unspecified atom stereocenters. The van der Waals surface area contributed by atoms with Gasteiger partial charge in [0, 0.05) is 6.61 Å². The van der Waals surface area contributed by atoms with E-state index in [4.69, 9.17) is 9.84 Å². The van der Waals surface area contributed by atoms with Gasteiger partial charge in [-0.25, -0.2) is 0 Å². The molecule has 3 heteroatoms. The van der Waals surface area contributed by atoms with E-state index in [-0.39, 0.29) is 18.5 Å². The molecule has 0 aromatic rings. The Morgan fingerprint density at radius 1 is 1.12 bits per heavy atom. The minimum absolute atomic E-state index is 0.0130. The van der Waals surface area contributed by atoms with Crippen molar-refractivity contribution in [3.63, 3.8) is 0 Å². The molecular weight excluding hydrogens is 216 g/mol. The maximum absolute atomic E-state index is 11.7. The number of aliphatic hydroxyl groups is 1. The maximum atomic E-state index is 11.7. The highest BCUT2D eigenvalue weighted by molar-refractivity contribution is 5.72. The standard InChI is InChI=1S/C14H26O3/c1-12-6-8-13(9-7-12)14(16)17-11-5-3-2-4-10-15/h12-13,15H,2-11H2,1H3. The first-order valence-corrected chi connectivity index (χ1v) is 7.01. The van der Waals surface area contributed by atoms with Gasteiger partial charge in [-0.15, -0.1) is 0 Å². The first-order chi connectivity index (χ1) is 8.24. The monoisotopic (exact) mass is 242 g/mol. The fraction of sp³-hybridized carbons (Fsp3) is 0.929. The Morgan fingerprint density at radius 2 is 1.76 bits per heavy atom. The minimum atomic E-state index is 0.0130. The number of carbonyl (C=O) groups excluding carboxylic acids is 1. The highest BCUT2D eigenvalue weighted by atomic mass is 16.5. The lowest BCUT2D eigenvalue weighted by atomic mass is 9.83. The van der Waals surface area contributed by atoms with Gasteiger partial charge in [0.15, 0.2) is 0 Å². The summed E-state index contributed by atoms with van der Waals surface area (Å²) >= 11 is 0. The molecule has 0 aromatic heterocycles. The van der Waals surface area contributed by atoms with Crippen molar-refractivity contribution in [3.05, 3.63) is 0 Å². The maximum Gasteiger partial charge on any atom is 0.308 e. The number of rotatable bonds is 7. The highest BCUT2D eigenvalue weighted by Gasteiger charge is 2.25. The van der Waals surface area contributed by atoms with Gasteiger partial charge in [0.2, 0.25) is 0 Å². The quantitative estimate of drug-likeness (QED) is 0.551. The van der Waals surface area contributed by atoms with Gasteiger partial charge in [-0.1, -0.05) is 13.3 Å². The zero-order chi connectivity index (χ0) is 12.5. The second-order valence-corrected chi connectivity index (χ2v) is 5.26. The van der Waals surface area contributed by atoms with E-state index in [0.29, 0.717) is 6.61 Å². The van der Waals surface area contributed by atoms with Crippen LogP contribution in [0.5, 0.6) is 0 Å². The van der Waals surface area contributed by atoms with Crippen LogP contribution < -0.4 is 0 Å². The zero-order valence-corrected chi connectivity index (χ0v) is 11.0. The van der Waals surface area contributed by atoms with E-state index in [1.165, 1.54) is 0 Å². The van der Waals surface area contributed by atoms with Gasteiger partial charge < -0.3 is 9.84 Å². The van der Waals surface area contributed by atoms with Crippen LogP contribution in [0.1, 0.15) is 58.3 Å². The largest absolute Gasteiger partial charge is 0.465 e. The Kier molecular flexibility index (Phi) is 7.25. The van der Waals surface area contributed by atoms with Crippen molar-refractivity contribution in [1.29, 1.82) is 0 Å². The second-order valence-electron chi connectivity index (χ2n) is 5.26. The third-order valence-corrected chi connectivity index (χ3v) is 3.65. The van der Waals surface area contributed by atoms with E-state index in [0.717, 1.165) is 57.3 Å². The van der Waals surface area contributed by atoms with E-state index in [1.54, 1.807) is 0 Å². The van der Waals surface area contributed by atoms with Crippen LogP contribution in [-0.4, -0.2) is 24.3 Å². The molecule has 3 nitrogen and oxygen atoms in total. The van der Waals surface area contributed by atoms with Gasteiger partial charge in [-0.2, -0.15) is 0 Å². The van der Waals surface area contributed by atoms with Gasteiger partial charge in [0.1, 0.15) is 0 Å². The summed E-state index contributed by atoms with van der Waals surface area (Å²) < 4.78 is 5.30. The third kappa shape index (κ3) is 6.06. The van der Waals surface area contributed by atoms with Crippen LogP contribution >= 0.6 is 0 Å². The lowest BCUT2D eigenvalue weighted by Crippen LogP contribution is -2.23. The molecule has 100 valence electrons. The molecule has 0 spiro atoms. The molecule has 1 aliphatic carbocycles. The fourth-order valence-corrected chi connectivity index (χ4v) is 2.35. The second kappa shape index (κ2) is 8.51. The fourth-order valence-electron chi connectivity index (χ4n) is 2.35. The average Bonchev–Trinajstić information content (AvgIpc) is 2.34. The molecule has 0 atom stereocenters. The Labute approximate surface area is 105 Å². The van der Waals surface area contributed by atoms with Crippen molar-refractivity contribution < 1.29 is 14.6 Å². The van der Waals surface area contributed by atoms with Crippen molar-refractivity contribution in [3.8, 4) is 0 Å². The summed E-state index contributed by atoms with van der Waals surface area (Å²) in [7, 11) is 0. The van der Waals surface area contributed by atoms with Crippen LogP contribution in [-0.2, 0) is 9.53 Å². The normalized spacial score (nSPS) is 24.6. The molecule has 17 heavy (non-hydrogen) atoms. The number of unbranched alkanes of at least 4 members (excludes halogenated alkanes) is 3. The predicted octanol–water partition coefficient (Wildman–Crippen LogP) is 2.91. The van der Waals surface area contributed by atoms with E-state index in [2.05, 4.69) is 6.92 Å². The molecule has 1 saturated carbocycles. The lowest BCUT2D eigenvalue weighted by Gasteiger charge is -2.24. The smallest absolute Gasteiger partial charge is 0.308 e. The van der Waals surface area contributed by atoms with Crippen LogP contribution in [0.4, 0.5) is 0 Å². The van der Waals surface area contributed by atoms with E-state index < -0.39 is 0 Å². The van der Waals surface area contributed by atoms with Crippen molar-refractivity contribution in [1.82, 2.24) is 0 Å². The average molecular weight is 242 g/mol. The number of ether oxygens (including phenoxy) is 1. The number of hydrogen-bond acceptors (Lipinski definition) is 3. The molecular formula is C14H26O3. The van der Waals surface area contributed by atoms with Gasteiger partial charge in [0.05, 0.1) is 12.5 Å². The molecule has 1 fully saturated rings. The third-order valence-electron chi connectivity index (χ3n) is 3.65. The molecule has 0 aromatic carbocycles. The summed E-state index contributed by atoms with van der Waals surface area (Å²) in [6.45, 7) is 3.07. The van der Waals surface area contributed by atoms with Gasteiger partial charge in [-0.3, -0.25) is 4.79 Å². The number of hydrogen-bond donors (Lipinski definition) is 1. The van der Waals surface area contributed by atoms with Crippen molar-refractivity contribution in [2.24, 2.45) is 11.8 Å². The van der Waals surface area contributed by atoms with Crippen molar-refractivity contribution in [2.75, 3.05) is 13.2 Å². The Hall–Kier alpha value is -0.570. The van der Waals surface area contributed by atoms with Gasteiger partial charge >= 0.3 is 5.97 Å². The van der Waals surface area contributed by atoms with Crippen LogP contribution in [0.2, 0.25) is 0 Å². The minimum Gasteiger partial charge on any atom is -0.465 e. The predicted molar refractivity (Wildman–Crippen MR) is 67.6 cm³/mol. The van der Waals surface area contributed by atoms with E-state index in [1.807, 2.05) is 0 Å². The molecule has 1 N–H and O–H groups in total. The highest BCUT2D eigenvalue weighted by Crippen LogP contribution is 2.29. The molecule has 1 rings (SSSR count). The first-order valence-electron chi connectivity index (χ1n) is 7.01. The molecule has 0 heterocycles. The van der Waals surface area contributed by atoms with Crippen LogP contribution in [0, 0.1) is 11.8 Å². The van der Waals surface area contributed by atoms with Crippen LogP contribution in [0.3, 0.4) is 0 Å².